The summed E-state index contributed by atoms with van der Waals surface area (Å²) >= 11 is 0. The third kappa shape index (κ3) is 3.76. The molecule has 1 aliphatic carbocycles. The maximum absolute atomic E-state index is 6.29. The molecule has 2 N–H and O–H groups in total. The Morgan fingerprint density at radius 3 is 2.55 bits per heavy atom. The van der Waals surface area contributed by atoms with Crippen LogP contribution in [0.1, 0.15) is 72.1 Å². The van der Waals surface area contributed by atoms with E-state index in [4.69, 9.17) is 5.73 Å². The molecule has 2 rings (SSSR count). The van der Waals surface area contributed by atoms with E-state index in [9.17, 15) is 0 Å². The van der Waals surface area contributed by atoms with Crippen molar-refractivity contribution in [2.45, 2.75) is 77.7 Å². The van der Waals surface area contributed by atoms with Crippen molar-refractivity contribution in [3.8, 4) is 0 Å². The molecular weight excluding hydrogens is 244 g/mol. The zero-order valence-corrected chi connectivity index (χ0v) is 14.0. The molecule has 0 radical (unpaired) electrons. The van der Waals surface area contributed by atoms with Gasteiger partial charge in [0.2, 0.25) is 0 Å². The van der Waals surface area contributed by atoms with Gasteiger partial charge in [0.25, 0.3) is 0 Å². The second-order valence-electron chi connectivity index (χ2n) is 7.89. The maximum atomic E-state index is 6.29. The van der Waals surface area contributed by atoms with Crippen LogP contribution in [0.2, 0.25) is 0 Å². The molecule has 0 bridgehead atoms. The molecule has 2 nitrogen and oxygen atoms in total. The lowest BCUT2D eigenvalue weighted by atomic mass is 9.87. The van der Waals surface area contributed by atoms with Gasteiger partial charge in [-0.1, -0.05) is 33.6 Å². The quantitative estimate of drug-likeness (QED) is 0.791. The molecule has 0 aromatic rings. The van der Waals surface area contributed by atoms with Gasteiger partial charge in [0, 0.05) is 12.1 Å². The molecule has 1 saturated carbocycles. The van der Waals surface area contributed by atoms with Crippen molar-refractivity contribution in [3.63, 3.8) is 0 Å². The van der Waals surface area contributed by atoms with Crippen molar-refractivity contribution in [1.29, 1.82) is 0 Å². The second-order valence-corrected chi connectivity index (χ2v) is 7.89. The van der Waals surface area contributed by atoms with Gasteiger partial charge in [-0.25, -0.2) is 0 Å². The van der Waals surface area contributed by atoms with Crippen LogP contribution in [0.5, 0.6) is 0 Å². The number of hydrogen-bond donors (Lipinski definition) is 1. The van der Waals surface area contributed by atoms with E-state index >= 15 is 0 Å². The summed E-state index contributed by atoms with van der Waals surface area (Å²) in [5.41, 5.74) is 6.62. The van der Waals surface area contributed by atoms with Crippen molar-refractivity contribution in [2.24, 2.45) is 23.5 Å². The summed E-state index contributed by atoms with van der Waals surface area (Å²) in [6.45, 7) is 10.7. The Morgan fingerprint density at radius 1 is 1.05 bits per heavy atom. The lowest BCUT2D eigenvalue weighted by molar-refractivity contribution is 0.0788. The van der Waals surface area contributed by atoms with Crippen molar-refractivity contribution < 1.29 is 0 Å². The number of likely N-dealkylation sites (tertiary alicyclic amines) is 1. The highest BCUT2D eigenvalue weighted by molar-refractivity contribution is 4.95. The average molecular weight is 281 g/mol. The SMILES string of the molecule is CC1CCCC(CN)(N2CCCC(C(C)C)CC2)CC1. The summed E-state index contributed by atoms with van der Waals surface area (Å²) in [4.78, 5) is 2.80. The van der Waals surface area contributed by atoms with Crippen LogP contribution >= 0.6 is 0 Å². The fourth-order valence-corrected chi connectivity index (χ4v) is 4.48. The van der Waals surface area contributed by atoms with Crippen LogP contribution in [0.3, 0.4) is 0 Å². The fourth-order valence-electron chi connectivity index (χ4n) is 4.48. The van der Waals surface area contributed by atoms with E-state index in [0.29, 0.717) is 5.54 Å². The van der Waals surface area contributed by atoms with Gasteiger partial charge < -0.3 is 5.73 Å². The molecule has 0 spiro atoms. The van der Waals surface area contributed by atoms with Crippen LogP contribution < -0.4 is 5.73 Å². The minimum Gasteiger partial charge on any atom is -0.329 e. The predicted molar refractivity (Wildman–Crippen MR) is 87.8 cm³/mol. The Bertz CT molecular complexity index is 289. The van der Waals surface area contributed by atoms with Gasteiger partial charge in [-0.3, -0.25) is 4.90 Å². The Hall–Kier alpha value is -0.0800. The molecule has 2 fully saturated rings. The van der Waals surface area contributed by atoms with E-state index in [2.05, 4.69) is 25.7 Å². The highest BCUT2D eigenvalue weighted by Crippen LogP contribution is 2.36. The predicted octanol–water partition coefficient (Wildman–Crippen LogP) is 4.04. The monoisotopic (exact) mass is 280 g/mol. The molecule has 2 heteroatoms. The van der Waals surface area contributed by atoms with Gasteiger partial charge in [0.1, 0.15) is 0 Å². The first-order valence-corrected chi connectivity index (χ1v) is 9.02. The first-order valence-electron chi connectivity index (χ1n) is 9.02. The van der Waals surface area contributed by atoms with Gasteiger partial charge in [-0.05, 0) is 69.4 Å². The number of rotatable bonds is 3. The Labute approximate surface area is 126 Å². The van der Waals surface area contributed by atoms with Gasteiger partial charge in [0.15, 0.2) is 0 Å². The van der Waals surface area contributed by atoms with Crippen LogP contribution in [-0.4, -0.2) is 30.1 Å². The minimum atomic E-state index is 0.330. The van der Waals surface area contributed by atoms with Crippen LogP contribution in [-0.2, 0) is 0 Å². The summed E-state index contributed by atoms with van der Waals surface area (Å²) in [5, 5.41) is 0. The summed E-state index contributed by atoms with van der Waals surface area (Å²) in [5.74, 6) is 2.68. The Morgan fingerprint density at radius 2 is 1.85 bits per heavy atom. The standard InChI is InChI=1S/C18H36N2/c1-15(2)17-7-5-12-20(13-9-17)18(14-19)10-4-6-16(3)8-11-18/h15-17H,4-14,19H2,1-3H3. The first kappa shape index (κ1) is 16.3. The van der Waals surface area contributed by atoms with Crippen molar-refractivity contribution in [3.05, 3.63) is 0 Å². The molecule has 3 atom stereocenters. The lowest BCUT2D eigenvalue weighted by Gasteiger charge is -2.43. The van der Waals surface area contributed by atoms with Crippen molar-refractivity contribution in [2.75, 3.05) is 19.6 Å². The molecule has 0 aromatic heterocycles. The largest absolute Gasteiger partial charge is 0.329 e. The zero-order valence-electron chi connectivity index (χ0n) is 14.0. The topological polar surface area (TPSA) is 29.3 Å². The van der Waals surface area contributed by atoms with E-state index in [-0.39, 0.29) is 0 Å². The number of nitrogens with zero attached hydrogens (tertiary/aromatic N) is 1. The molecule has 2 aliphatic rings. The number of hydrogen-bond acceptors (Lipinski definition) is 2. The van der Waals surface area contributed by atoms with Gasteiger partial charge >= 0.3 is 0 Å². The molecule has 1 saturated heterocycles. The molecule has 118 valence electrons. The minimum absolute atomic E-state index is 0.330. The van der Waals surface area contributed by atoms with E-state index in [1.807, 2.05) is 0 Å². The third-order valence-electron chi connectivity index (χ3n) is 6.21. The van der Waals surface area contributed by atoms with Crippen LogP contribution in [0.15, 0.2) is 0 Å². The van der Waals surface area contributed by atoms with Crippen LogP contribution in [0.25, 0.3) is 0 Å². The molecule has 1 heterocycles. The van der Waals surface area contributed by atoms with Crippen molar-refractivity contribution in [1.82, 2.24) is 4.90 Å². The van der Waals surface area contributed by atoms with Gasteiger partial charge in [0.05, 0.1) is 0 Å². The van der Waals surface area contributed by atoms with Gasteiger partial charge in [-0.15, -0.1) is 0 Å². The lowest BCUT2D eigenvalue weighted by Crippen LogP contribution is -2.54. The highest BCUT2D eigenvalue weighted by atomic mass is 15.2. The Balaban J connectivity index is 2.03. The summed E-state index contributed by atoms with van der Waals surface area (Å²) in [6, 6.07) is 0. The van der Waals surface area contributed by atoms with Gasteiger partial charge in [-0.2, -0.15) is 0 Å². The summed E-state index contributed by atoms with van der Waals surface area (Å²) < 4.78 is 0. The normalized spacial score (nSPS) is 37.6. The van der Waals surface area contributed by atoms with E-state index in [1.54, 1.807) is 0 Å². The highest BCUT2D eigenvalue weighted by Gasteiger charge is 2.37. The average Bonchev–Trinajstić information content (AvgIpc) is 2.78. The third-order valence-corrected chi connectivity index (χ3v) is 6.21. The van der Waals surface area contributed by atoms with Crippen molar-refractivity contribution >= 4 is 0 Å². The molecular formula is C18H36N2. The molecule has 3 unspecified atom stereocenters. The molecule has 0 aromatic carbocycles. The second kappa shape index (κ2) is 7.26. The molecule has 0 amide bonds. The van der Waals surface area contributed by atoms with E-state index < -0.39 is 0 Å². The number of nitrogens with two attached hydrogens (primary N) is 1. The van der Waals surface area contributed by atoms with E-state index in [0.717, 1.165) is 24.3 Å². The maximum Gasteiger partial charge on any atom is 0.0331 e. The summed E-state index contributed by atoms with van der Waals surface area (Å²) in [6.07, 6.45) is 11.0. The van der Waals surface area contributed by atoms with E-state index in [1.165, 1.54) is 64.5 Å². The first-order chi connectivity index (χ1) is 9.57. The Kier molecular flexibility index (Phi) is 5.92. The fraction of sp³-hybridized carbons (Fsp3) is 1.00. The van der Waals surface area contributed by atoms with Crippen LogP contribution in [0, 0.1) is 17.8 Å². The summed E-state index contributed by atoms with van der Waals surface area (Å²) in [7, 11) is 0. The zero-order chi connectivity index (χ0) is 14.6. The molecule has 1 aliphatic heterocycles. The smallest absolute Gasteiger partial charge is 0.0331 e. The molecule has 20 heavy (non-hydrogen) atoms. The van der Waals surface area contributed by atoms with Crippen LogP contribution in [0.4, 0.5) is 0 Å².